The van der Waals surface area contributed by atoms with E-state index in [0.29, 0.717) is 5.56 Å². The number of ether oxygens (including phenoxy) is 1. The summed E-state index contributed by atoms with van der Waals surface area (Å²) < 4.78 is 5.45. The molecule has 1 aromatic carbocycles. The van der Waals surface area contributed by atoms with Crippen LogP contribution in [0.4, 0.5) is 0 Å². The van der Waals surface area contributed by atoms with Gasteiger partial charge >= 0.3 is 11.9 Å². The number of likely N-dealkylation sites (N-methyl/N-ethyl adjacent to an activating group) is 1. The fourth-order valence-corrected chi connectivity index (χ4v) is 4.49. The van der Waals surface area contributed by atoms with Crippen LogP contribution in [0.2, 0.25) is 0 Å². The summed E-state index contributed by atoms with van der Waals surface area (Å²) in [6.45, 7) is 20.0. The molecule has 3 unspecified atom stereocenters. The molecule has 0 heterocycles. The lowest BCUT2D eigenvalue weighted by molar-refractivity contribution is -0.142. The number of hydroxylamine groups is 1. The molecule has 0 aliphatic heterocycles. The maximum absolute atomic E-state index is 13.9. The van der Waals surface area contributed by atoms with Gasteiger partial charge in [-0.05, 0) is 56.7 Å². The van der Waals surface area contributed by atoms with Crippen LogP contribution in [-0.2, 0) is 29.4 Å². The van der Waals surface area contributed by atoms with E-state index in [2.05, 4.69) is 10.8 Å². The molecule has 236 valence electrons. The first-order chi connectivity index (χ1) is 19.0. The van der Waals surface area contributed by atoms with Crippen LogP contribution in [0.15, 0.2) is 35.9 Å². The Morgan fingerprint density at radius 2 is 1.45 bits per heavy atom. The Kier molecular flexibility index (Phi) is 12.5. The van der Waals surface area contributed by atoms with Crippen molar-refractivity contribution in [2.45, 2.75) is 105 Å². The third kappa shape index (κ3) is 9.94. The fourth-order valence-electron chi connectivity index (χ4n) is 4.49. The summed E-state index contributed by atoms with van der Waals surface area (Å²) in [5.41, 5.74) is 1.92. The highest BCUT2D eigenvalue weighted by Crippen LogP contribution is 2.30. The van der Waals surface area contributed by atoms with Gasteiger partial charge in [-0.15, -0.1) is 0 Å². The molecule has 0 aliphatic carbocycles. The molecule has 10 heteroatoms. The van der Waals surface area contributed by atoms with Gasteiger partial charge in [0.2, 0.25) is 11.8 Å². The quantitative estimate of drug-likeness (QED) is 0.185. The molecular formula is C32H51N3O7. The summed E-state index contributed by atoms with van der Waals surface area (Å²) in [4.78, 5) is 58.4. The standard InChI is InChI=1S/C32H51N3O7/c1-19(2)23(18-20(3)28(38)39)35(12)27(37)25(30(4,5)6)33-26(36)24(34-41-13)32(10,11)22-16-14-21(15-17-22)29(40)42-31(7,8)9/h14-19,23-25,34H,1-13H3,(H,33,36)(H,38,39)/b20-18+. The van der Waals surface area contributed by atoms with Gasteiger partial charge < -0.3 is 24.9 Å². The van der Waals surface area contributed by atoms with Gasteiger partial charge in [-0.25, -0.2) is 9.59 Å². The predicted molar refractivity (Wildman–Crippen MR) is 163 cm³/mol. The Morgan fingerprint density at radius 3 is 1.86 bits per heavy atom. The van der Waals surface area contributed by atoms with Crippen molar-refractivity contribution < 1.29 is 33.9 Å². The van der Waals surface area contributed by atoms with Crippen LogP contribution >= 0.6 is 0 Å². The van der Waals surface area contributed by atoms with Crippen molar-refractivity contribution >= 4 is 23.8 Å². The molecule has 0 radical (unpaired) electrons. The maximum atomic E-state index is 13.9. The Balaban J connectivity index is 3.37. The van der Waals surface area contributed by atoms with Crippen LogP contribution < -0.4 is 10.8 Å². The van der Waals surface area contributed by atoms with Crippen LogP contribution in [0.3, 0.4) is 0 Å². The van der Waals surface area contributed by atoms with Gasteiger partial charge in [0.05, 0.1) is 18.7 Å². The molecule has 10 nitrogen and oxygen atoms in total. The Morgan fingerprint density at radius 1 is 0.929 bits per heavy atom. The lowest BCUT2D eigenvalue weighted by Crippen LogP contribution is -2.62. The molecule has 0 spiro atoms. The van der Waals surface area contributed by atoms with Gasteiger partial charge in [0.25, 0.3) is 0 Å². The molecule has 3 atom stereocenters. The minimum absolute atomic E-state index is 0.0740. The molecule has 42 heavy (non-hydrogen) atoms. The first-order valence-electron chi connectivity index (χ1n) is 14.2. The van der Waals surface area contributed by atoms with E-state index in [-0.39, 0.29) is 17.4 Å². The molecule has 1 aromatic rings. The van der Waals surface area contributed by atoms with E-state index in [1.807, 2.05) is 48.5 Å². The van der Waals surface area contributed by atoms with E-state index in [0.717, 1.165) is 5.56 Å². The van der Waals surface area contributed by atoms with Crippen molar-refractivity contribution in [3.63, 3.8) is 0 Å². The highest BCUT2D eigenvalue weighted by molar-refractivity contribution is 5.92. The number of carbonyl (C=O) groups is 4. The summed E-state index contributed by atoms with van der Waals surface area (Å²) in [5, 5.41) is 12.3. The first-order valence-corrected chi connectivity index (χ1v) is 14.2. The maximum Gasteiger partial charge on any atom is 0.338 e. The summed E-state index contributed by atoms with van der Waals surface area (Å²) in [7, 11) is 3.02. The number of carboxylic acids is 1. The van der Waals surface area contributed by atoms with Gasteiger partial charge in [-0.3, -0.25) is 9.59 Å². The van der Waals surface area contributed by atoms with Crippen molar-refractivity contribution in [3.8, 4) is 0 Å². The van der Waals surface area contributed by atoms with Crippen molar-refractivity contribution in [2.75, 3.05) is 14.2 Å². The molecule has 0 fully saturated rings. The van der Waals surface area contributed by atoms with Crippen LogP contribution in [-0.4, -0.2) is 71.6 Å². The van der Waals surface area contributed by atoms with Gasteiger partial charge in [0, 0.05) is 18.0 Å². The predicted octanol–water partition coefficient (Wildman–Crippen LogP) is 4.48. The van der Waals surface area contributed by atoms with E-state index in [4.69, 9.17) is 9.57 Å². The number of hydrogen-bond acceptors (Lipinski definition) is 7. The number of rotatable bonds is 12. The van der Waals surface area contributed by atoms with E-state index < -0.39 is 52.4 Å². The zero-order chi connectivity index (χ0) is 32.8. The molecule has 0 saturated carbocycles. The van der Waals surface area contributed by atoms with Crippen molar-refractivity contribution in [2.24, 2.45) is 11.3 Å². The summed E-state index contributed by atoms with van der Waals surface area (Å²) in [5.74, 6) is -2.38. The van der Waals surface area contributed by atoms with Crippen LogP contribution in [0.25, 0.3) is 0 Å². The Hall–Kier alpha value is -3.24. The monoisotopic (exact) mass is 589 g/mol. The SMILES string of the molecule is CONC(C(=O)NC(C(=O)N(C)C(/C=C(\C)C(=O)O)C(C)C)C(C)(C)C)C(C)(C)c1ccc(C(=O)OC(C)(C)C)cc1. The molecule has 1 rings (SSSR count). The van der Waals surface area contributed by atoms with Crippen molar-refractivity contribution in [1.82, 2.24) is 15.7 Å². The van der Waals surface area contributed by atoms with E-state index in [1.165, 1.54) is 18.9 Å². The first kappa shape index (κ1) is 36.8. The second-order valence-electron chi connectivity index (χ2n) is 13.7. The number of benzene rings is 1. The van der Waals surface area contributed by atoms with Gasteiger partial charge in [-0.1, -0.05) is 66.7 Å². The number of esters is 1. The number of nitrogens with one attached hydrogen (secondary N) is 2. The van der Waals surface area contributed by atoms with Crippen LogP contribution in [0, 0.1) is 11.3 Å². The summed E-state index contributed by atoms with van der Waals surface area (Å²) in [6, 6.07) is 4.49. The molecule has 0 saturated heterocycles. The number of amides is 2. The largest absolute Gasteiger partial charge is 0.478 e. The van der Waals surface area contributed by atoms with Crippen LogP contribution in [0.1, 0.15) is 92.1 Å². The van der Waals surface area contributed by atoms with Gasteiger partial charge in [-0.2, -0.15) is 5.48 Å². The van der Waals surface area contributed by atoms with Gasteiger partial charge in [0.15, 0.2) is 0 Å². The van der Waals surface area contributed by atoms with Crippen LogP contribution in [0.5, 0.6) is 0 Å². The zero-order valence-corrected chi connectivity index (χ0v) is 27.5. The number of carbonyl (C=O) groups excluding carboxylic acids is 3. The Bertz CT molecular complexity index is 1140. The van der Waals surface area contributed by atoms with Crippen molar-refractivity contribution in [3.05, 3.63) is 47.0 Å². The summed E-state index contributed by atoms with van der Waals surface area (Å²) >= 11 is 0. The fraction of sp³-hybridized carbons (Fsp3) is 0.625. The molecule has 3 N–H and O–H groups in total. The lowest BCUT2D eigenvalue weighted by atomic mass is 9.76. The normalized spacial score (nSPS) is 15.0. The second kappa shape index (κ2) is 14.3. The molecule has 0 aliphatic rings. The van der Waals surface area contributed by atoms with Crippen molar-refractivity contribution in [1.29, 1.82) is 0 Å². The van der Waals surface area contributed by atoms with Gasteiger partial charge in [0.1, 0.15) is 17.7 Å². The van der Waals surface area contributed by atoms with E-state index in [9.17, 15) is 24.3 Å². The second-order valence-corrected chi connectivity index (χ2v) is 13.7. The number of aliphatic carboxylic acids is 1. The minimum Gasteiger partial charge on any atom is -0.478 e. The smallest absolute Gasteiger partial charge is 0.338 e. The average molecular weight is 590 g/mol. The molecule has 0 aromatic heterocycles. The minimum atomic E-state index is -1.06. The third-order valence-electron chi connectivity index (χ3n) is 7.12. The van der Waals surface area contributed by atoms with E-state index >= 15 is 0 Å². The highest BCUT2D eigenvalue weighted by atomic mass is 16.6. The number of carboxylic acid groups (broad SMARTS) is 1. The number of hydrogen-bond donors (Lipinski definition) is 3. The summed E-state index contributed by atoms with van der Waals surface area (Å²) in [6.07, 6.45) is 1.56. The molecule has 0 bridgehead atoms. The Labute approximate surface area is 251 Å². The topological polar surface area (TPSA) is 134 Å². The number of nitrogens with zero attached hydrogens (tertiary/aromatic N) is 1. The molecule has 2 amide bonds. The third-order valence-corrected chi connectivity index (χ3v) is 7.12. The zero-order valence-electron chi connectivity index (χ0n) is 27.5. The lowest BCUT2D eigenvalue weighted by Gasteiger charge is -2.39. The molecular weight excluding hydrogens is 538 g/mol. The van der Waals surface area contributed by atoms with E-state index in [1.54, 1.807) is 58.2 Å². The average Bonchev–Trinajstić information content (AvgIpc) is 2.85. The highest BCUT2D eigenvalue weighted by Gasteiger charge is 2.42.